The third kappa shape index (κ3) is 5.41. The minimum Gasteiger partial charge on any atom is -0.325 e. The van der Waals surface area contributed by atoms with Crippen molar-refractivity contribution in [2.45, 2.75) is 20.4 Å². The first-order valence-electron chi connectivity index (χ1n) is 8.95. The lowest BCUT2D eigenvalue weighted by atomic mass is 10.1. The molecular weight excluding hydrogens is 310 g/mol. The van der Waals surface area contributed by atoms with Gasteiger partial charge in [-0.2, -0.15) is 0 Å². The fraction of sp³-hybridized carbons (Fsp3) is 0.381. The van der Waals surface area contributed by atoms with Gasteiger partial charge in [-0.15, -0.1) is 0 Å². The number of hydrogen-bond acceptors (Lipinski definition) is 3. The van der Waals surface area contributed by atoms with Crippen molar-refractivity contribution in [3.63, 3.8) is 0 Å². The van der Waals surface area contributed by atoms with Crippen molar-refractivity contribution < 1.29 is 4.79 Å². The van der Waals surface area contributed by atoms with E-state index in [1.807, 2.05) is 31.2 Å². The van der Waals surface area contributed by atoms with Gasteiger partial charge < -0.3 is 5.32 Å². The predicted octanol–water partition coefficient (Wildman–Crippen LogP) is 3.06. The van der Waals surface area contributed by atoms with Crippen molar-refractivity contribution in [1.29, 1.82) is 0 Å². The Morgan fingerprint density at radius 2 is 1.36 bits per heavy atom. The van der Waals surface area contributed by atoms with Gasteiger partial charge in [-0.1, -0.05) is 47.5 Å². The third-order valence-electron chi connectivity index (χ3n) is 4.69. The van der Waals surface area contributed by atoms with E-state index in [1.165, 1.54) is 16.7 Å². The summed E-state index contributed by atoms with van der Waals surface area (Å²) in [6.07, 6.45) is 0. The molecule has 0 spiro atoms. The first kappa shape index (κ1) is 17.6. The van der Waals surface area contributed by atoms with Gasteiger partial charge in [0.25, 0.3) is 0 Å². The Kier molecular flexibility index (Phi) is 5.84. The molecule has 1 saturated heterocycles. The lowest BCUT2D eigenvalue weighted by molar-refractivity contribution is -0.117. The van der Waals surface area contributed by atoms with E-state index in [-0.39, 0.29) is 5.91 Å². The number of rotatable bonds is 5. The number of hydrogen-bond donors (Lipinski definition) is 1. The molecule has 0 atom stereocenters. The van der Waals surface area contributed by atoms with Gasteiger partial charge in [0.2, 0.25) is 5.91 Å². The normalized spacial score (nSPS) is 15.9. The fourth-order valence-electron chi connectivity index (χ4n) is 3.10. The van der Waals surface area contributed by atoms with Crippen LogP contribution >= 0.6 is 0 Å². The van der Waals surface area contributed by atoms with Crippen LogP contribution in [0.2, 0.25) is 0 Å². The van der Waals surface area contributed by atoms with E-state index >= 15 is 0 Å². The monoisotopic (exact) mass is 337 g/mol. The van der Waals surface area contributed by atoms with Gasteiger partial charge in [0.15, 0.2) is 0 Å². The summed E-state index contributed by atoms with van der Waals surface area (Å²) >= 11 is 0. The molecule has 0 bridgehead atoms. The van der Waals surface area contributed by atoms with Crippen molar-refractivity contribution >= 4 is 11.6 Å². The molecule has 3 rings (SSSR count). The number of carbonyl (C=O) groups excluding carboxylic acids is 1. The van der Waals surface area contributed by atoms with Gasteiger partial charge in [0.05, 0.1) is 6.54 Å². The van der Waals surface area contributed by atoms with E-state index in [0.29, 0.717) is 6.54 Å². The number of benzene rings is 2. The maximum atomic E-state index is 12.2. The smallest absolute Gasteiger partial charge is 0.238 e. The van der Waals surface area contributed by atoms with Crippen molar-refractivity contribution in [3.05, 3.63) is 65.2 Å². The quantitative estimate of drug-likeness (QED) is 0.911. The maximum absolute atomic E-state index is 12.2. The molecule has 1 aliphatic rings. The molecule has 0 aliphatic carbocycles. The minimum atomic E-state index is 0.0656. The Bertz CT molecular complexity index is 686. The van der Waals surface area contributed by atoms with Crippen LogP contribution in [0.4, 0.5) is 5.69 Å². The first-order chi connectivity index (χ1) is 12.1. The van der Waals surface area contributed by atoms with Gasteiger partial charge in [-0.3, -0.25) is 14.6 Å². The molecule has 25 heavy (non-hydrogen) atoms. The van der Waals surface area contributed by atoms with Crippen LogP contribution in [0, 0.1) is 13.8 Å². The number of aryl methyl sites for hydroxylation is 2. The molecule has 2 aromatic rings. The molecule has 2 aromatic carbocycles. The molecule has 1 amide bonds. The van der Waals surface area contributed by atoms with Crippen LogP contribution in [0.25, 0.3) is 0 Å². The Morgan fingerprint density at radius 1 is 0.840 bits per heavy atom. The van der Waals surface area contributed by atoms with E-state index in [0.717, 1.165) is 38.4 Å². The van der Waals surface area contributed by atoms with E-state index in [9.17, 15) is 4.79 Å². The molecule has 1 aliphatic heterocycles. The average molecular weight is 337 g/mol. The second-order valence-electron chi connectivity index (χ2n) is 6.95. The van der Waals surface area contributed by atoms with E-state index in [1.54, 1.807) is 0 Å². The van der Waals surface area contributed by atoms with Crippen molar-refractivity contribution in [3.8, 4) is 0 Å². The number of piperazine rings is 1. The largest absolute Gasteiger partial charge is 0.325 e. The van der Waals surface area contributed by atoms with Crippen LogP contribution in [0.5, 0.6) is 0 Å². The molecule has 4 nitrogen and oxygen atoms in total. The Labute approximate surface area is 150 Å². The standard InChI is InChI=1S/C21H27N3O/c1-17-3-7-19(8-4-17)15-23-11-13-24(14-12-23)16-21(25)22-20-9-5-18(2)6-10-20/h3-10H,11-16H2,1-2H3,(H,22,25). The first-order valence-corrected chi connectivity index (χ1v) is 8.95. The van der Waals surface area contributed by atoms with Crippen molar-refractivity contribution in [2.24, 2.45) is 0 Å². The Morgan fingerprint density at radius 3 is 1.96 bits per heavy atom. The highest BCUT2D eigenvalue weighted by molar-refractivity contribution is 5.92. The molecule has 4 heteroatoms. The summed E-state index contributed by atoms with van der Waals surface area (Å²) in [7, 11) is 0. The number of nitrogens with zero attached hydrogens (tertiary/aromatic N) is 2. The van der Waals surface area contributed by atoms with Crippen LogP contribution in [0.15, 0.2) is 48.5 Å². The molecule has 1 N–H and O–H groups in total. The Hall–Kier alpha value is -2.17. The molecule has 0 saturated carbocycles. The van der Waals surface area contributed by atoms with Gasteiger partial charge in [0, 0.05) is 38.4 Å². The highest BCUT2D eigenvalue weighted by Gasteiger charge is 2.19. The van der Waals surface area contributed by atoms with Crippen molar-refractivity contribution in [1.82, 2.24) is 9.80 Å². The summed E-state index contributed by atoms with van der Waals surface area (Å²) in [5.74, 6) is 0.0656. The Balaban J connectivity index is 1.42. The second kappa shape index (κ2) is 8.28. The van der Waals surface area contributed by atoms with Crippen LogP contribution < -0.4 is 5.32 Å². The van der Waals surface area contributed by atoms with Gasteiger partial charge in [-0.05, 0) is 31.5 Å². The zero-order chi connectivity index (χ0) is 17.6. The third-order valence-corrected chi connectivity index (χ3v) is 4.69. The highest BCUT2D eigenvalue weighted by atomic mass is 16.2. The molecule has 0 unspecified atom stereocenters. The van der Waals surface area contributed by atoms with Crippen molar-refractivity contribution in [2.75, 3.05) is 38.0 Å². The summed E-state index contributed by atoms with van der Waals surface area (Å²) < 4.78 is 0. The molecular formula is C21H27N3O. The van der Waals surface area contributed by atoms with Gasteiger partial charge in [0.1, 0.15) is 0 Å². The molecule has 1 heterocycles. The van der Waals surface area contributed by atoms with Gasteiger partial charge in [-0.25, -0.2) is 0 Å². The molecule has 0 aromatic heterocycles. The topological polar surface area (TPSA) is 35.6 Å². The number of anilines is 1. The summed E-state index contributed by atoms with van der Waals surface area (Å²) in [6, 6.07) is 16.7. The average Bonchev–Trinajstić information content (AvgIpc) is 2.61. The number of nitrogens with one attached hydrogen (secondary N) is 1. The van der Waals surface area contributed by atoms with E-state index in [2.05, 4.69) is 46.3 Å². The zero-order valence-electron chi connectivity index (χ0n) is 15.2. The summed E-state index contributed by atoms with van der Waals surface area (Å²) in [6.45, 7) is 9.50. The van der Waals surface area contributed by atoms with Crippen LogP contribution in [0.1, 0.15) is 16.7 Å². The zero-order valence-corrected chi connectivity index (χ0v) is 15.2. The second-order valence-corrected chi connectivity index (χ2v) is 6.95. The molecule has 0 radical (unpaired) electrons. The molecule has 1 fully saturated rings. The lowest BCUT2D eigenvalue weighted by Crippen LogP contribution is -2.48. The lowest BCUT2D eigenvalue weighted by Gasteiger charge is -2.34. The van der Waals surface area contributed by atoms with Crippen LogP contribution in [-0.2, 0) is 11.3 Å². The summed E-state index contributed by atoms with van der Waals surface area (Å²) in [5.41, 5.74) is 4.72. The van der Waals surface area contributed by atoms with Crippen LogP contribution in [-0.4, -0.2) is 48.4 Å². The minimum absolute atomic E-state index is 0.0656. The number of amides is 1. The fourth-order valence-corrected chi connectivity index (χ4v) is 3.10. The van der Waals surface area contributed by atoms with E-state index < -0.39 is 0 Å². The molecule has 132 valence electrons. The van der Waals surface area contributed by atoms with Gasteiger partial charge >= 0.3 is 0 Å². The summed E-state index contributed by atoms with van der Waals surface area (Å²) in [5, 5.41) is 2.98. The predicted molar refractivity (Wildman–Crippen MR) is 103 cm³/mol. The highest BCUT2D eigenvalue weighted by Crippen LogP contribution is 2.11. The van der Waals surface area contributed by atoms with Crippen LogP contribution in [0.3, 0.4) is 0 Å². The number of carbonyl (C=O) groups is 1. The maximum Gasteiger partial charge on any atom is 0.238 e. The van der Waals surface area contributed by atoms with E-state index in [4.69, 9.17) is 0 Å². The SMILES string of the molecule is Cc1ccc(CN2CCN(CC(=O)Nc3ccc(C)cc3)CC2)cc1. The summed E-state index contributed by atoms with van der Waals surface area (Å²) in [4.78, 5) is 16.9.